The zero-order chi connectivity index (χ0) is 17.7. The molecule has 0 bridgehead atoms. The highest BCUT2D eigenvalue weighted by molar-refractivity contribution is 5.98. The summed E-state index contributed by atoms with van der Waals surface area (Å²) in [6, 6.07) is 15.3. The number of nitrogens with zero attached hydrogens (tertiary/aromatic N) is 1. The molecule has 1 amide bonds. The summed E-state index contributed by atoms with van der Waals surface area (Å²) in [6.07, 6.45) is 3.14. The van der Waals surface area contributed by atoms with E-state index in [0.717, 1.165) is 16.5 Å². The van der Waals surface area contributed by atoms with Crippen molar-refractivity contribution in [1.29, 1.82) is 0 Å². The van der Waals surface area contributed by atoms with Gasteiger partial charge >= 0.3 is 5.97 Å². The minimum atomic E-state index is -0.574. The lowest BCUT2D eigenvalue weighted by molar-refractivity contribution is -0.0389. The van der Waals surface area contributed by atoms with Gasteiger partial charge in [-0.15, -0.1) is 0 Å². The first-order valence-electron chi connectivity index (χ1n) is 8.86. The van der Waals surface area contributed by atoms with E-state index in [2.05, 4.69) is 4.98 Å². The van der Waals surface area contributed by atoms with E-state index in [1.54, 1.807) is 0 Å². The smallest absolute Gasteiger partial charge is 0.339 e. The first-order chi connectivity index (χ1) is 12.7. The first-order valence-corrected chi connectivity index (χ1v) is 8.86. The van der Waals surface area contributed by atoms with E-state index in [0.29, 0.717) is 37.1 Å². The highest BCUT2D eigenvalue weighted by atomic mass is 16.6. The number of fused-ring (bicyclic) bond motifs is 3. The Morgan fingerprint density at radius 1 is 1.08 bits per heavy atom. The maximum absolute atomic E-state index is 12.9. The van der Waals surface area contributed by atoms with Gasteiger partial charge in [0.15, 0.2) is 0 Å². The second-order valence-corrected chi connectivity index (χ2v) is 7.00. The molecule has 0 aliphatic carbocycles. The molecule has 3 aromatic rings. The quantitative estimate of drug-likeness (QED) is 0.686. The Kier molecular flexibility index (Phi) is 3.19. The van der Waals surface area contributed by atoms with Crippen LogP contribution in [-0.2, 0) is 10.3 Å². The normalized spacial score (nSPS) is 18.2. The lowest BCUT2D eigenvalue weighted by Gasteiger charge is -2.38. The zero-order valence-electron chi connectivity index (χ0n) is 14.2. The molecule has 1 spiro atoms. The van der Waals surface area contributed by atoms with Crippen LogP contribution >= 0.6 is 0 Å². The third-order valence-corrected chi connectivity index (χ3v) is 5.58. The highest BCUT2D eigenvalue weighted by Gasteiger charge is 2.47. The number of likely N-dealkylation sites (tertiary alicyclic amines) is 1. The Labute approximate surface area is 150 Å². The van der Waals surface area contributed by atoms with Gasteiger partial charge in [-0.25, -0.2) is 4.79 Å². The lowest BCUT2D eigenvalue weighted by Crippen LogP contribution is -2.45. The molecule has 5 rings (SSSR count). The predicted octanol–water partition coefficient (Wildman–Crippen LogP) is 3.47. The number of aromatic amines is 1. The van der Waals surface area contributed by atoms with Crippen molar-refractivity contribution in [3.8, 4) is 0 Å². The molecule has 1 fully saturated rings. The number of benzene rings is 2. The Morgan fingerprint density at radius 3 is 2.73 bits per heavy atom. The molecule has 26 heavy (non-hydrogen) atoms. The number of hydrogen-bond donors (Lipinski definition) is 1. The van der Waals surface area contributed by atoms with Crippen molar-refractivity contribution < 1.29 is 14.3 Å². The average Bonchev–Trinajstić information content (AvgIpc) is 3.25. The number of carbonyl (C=O) groups is 2. The standard InChI is InChI=1S/C21H18N2O3/c24-19(15-5-6-18-14(13-15)7-10-22-18)23-11-8-21(9-12-23)17-4-2-1-3-16(17)20(25)26-21/h1-7,10,13,22H,8-9,11-12H2. The molecule has 0 saturated carbocycles. The van der Waals surface area contributed by atoms with Crippen LogP contribution in [0.1, 0.15) is 39.1 Å². The molecular formula is C21H18N2O3. The topological polar surface area (TPSA) is 62.4 Å². The van der Waals surface area contributed by atoms with Crippen molar-refractivity contribution >= 4 is 22.8 Å². The number of rotatable bonds is 1. The minimum Gasteiger partial charge on any atom is -0.450 e. The number of piperidine rings is 1. The van der Waals surface area contributed by atoms with E-state index in [1.165, 1.54) is 0 Å². The molecule has 0 atom stereocenters. The van der Waals surface area contributed by atoms with Gasteiger partial charge in [0.25, 0.3) is 5.91 Å². The zero-order valence-corrected chi connectivity index (χ0v) is 14.2. The molecule has 2 aliphatic heterocycles. The van der Waals surface area contributed by atoms with Gasteiger partial charge in [0.05, 0.1) is 5.56 Å². The van der Waals surface area contributed by atoms with Crippen LogP contribution < -0.4 is 0 Å². The molecule has 1 saturated heterocycles. The van der Waals surface area contributed by atoms with E-state index in [4.69, 9.17) is 4.74 Å². The second-order valence-electron chi connectivity index (χ2n) is 7.00. The Hall–Kier alpha value is -3.08. The van der Waals surface area contributed by atoms with Gasteiger partial charge in [0.2, 0.25) is 0 Å². The third kappa shape index (κ3) is 2.17. The molecule has 5 nitrogen and oxygen atoms in total. The van der Waals surface area contributed by atoms with E-state index in [9.17, 15) is 9.59 Å². The SMILES string of the molecule is O=C1OC2(CCN(C(=O)c3ccc4[nH]ccc4c3)CC2)c2ccccc21. The van der Waals surface area contributed by atoms with Crippen LogP contribution in [0.3, 0.4) is 0 Å². The van der Waals surface area contributed by atoms with E-state index >= 15 is 0 Å². The van der Waals surface area contributed by atoms with Gasteiger partial charge in [-0.3, -0.25) is 4.79 Å². The van der Waals surface area contributed by atoms with Gasteiger partial charge in [-0.05, 0) is 30.3 Å². The summed E-state index contributed by atoms with van der Waals surface area (Å²) in [5.41, 5.74) is 2.76. The summed E-state index contributed by atoms with van der Waals surface area (Å²) in [5, 5.41) is 1.03. The van der Waals surface area contributed by atoms with Gasteiger partial charge in [-0.2, -0.15) is 0 Å². The van der Waals surface area contributed by atoms with E-state index in [-0.39, 0.29) is 11.9 Å². The number of ether oxygens (including phenoxy) is 1. The van der Waals surface area contributed by atoms with Crippen molar-refractivity contribution in [2.45, 2.75) is 18.4 Å². The number of carbonyl (C=O) groups excluding carboxylic acids is 2. The fraction of sp³-hybridized carbons (Fsp3) is 0.238. The summed E-state index contributed by atoms with van der Waals surface area (Å²) < 4.78 is 5.76. The van der Waals surface area contributed by atoms with Crippen molar-refractivity contribution in [3.63, 3.8) is 0 Å². The molecular weight excluding hydrogens is 328 g/mol. The van der Waals surface area contributed by atoms with Crippen LogP contribution in [0.25, 0.3) is 10.9 Å². The molecule has 2 aliphatic rings. The van der Waals surface area contributed by atoms with Gasteiger partial charge in [-0.1, -0.05) is 18.2 Å². The largest absolute Gasteiger partial charge is 0.450 e. The Bertz CT molecular complexity index is 1030. The summed E-state index contributed by atoms with van der Waals surface area (Å²) in [5.74, 6) is -0.223. The van der Waals surface area contributed by atoms with Crippen LogP contribution in [0.2, 0.25) is 0 Å². The number of amides is 1. The maximum atomic E-state index is 12.9. The number of esters is 1. The second kappa shape index (κ2) is 5.46. The molecule has 3 heterocycles. The number of aromatic nitrogens is 1. The van der Waals surface area contributed by atoms with Gasteiger partial charge < -0.3 is 14.6 Å². The van der Waals surface area contributed by atoms with Crippen LogP contribution in [0.5, 0.6) is 0 Å². The number of H-pyrrole nitrogens is 1. The lowest BCUT2D eigenvalue weighted by atomic mass is 9.83. The Balaban J connectivity index is 1.37. The van der Waals surface area contributed by atoms with Gasteiger partial charge in [0.1, 0.15) is 5.60 Å². The first kappa shape index (κ1) is 15.2. The summed E-state index contributed by atoms with van der Waals surface area (Å²) in [4.78, 5) is 30.0. The molecule has 5 heteroatoms. The molecule has 130 valence electrons. The van der Waals surface area contributed by atoms with Gasteiger partial charge in [0, 0.05) is 54.2 Å². The third-order valence-electron chi connectivity index (χ3n) is 5.58. The van der Waals surface area contributed by atoms with Crippen LogP contribution in [-0.4, -0.2) is 34.8 Å². The number of hydrogen-bond acceptors (Lipinski definition) is 3. The van der Waals surface area contributed by atoms with Crippen LogP contribution in [0, 0.1) is 0 Å². The van der Waals surface area contributed by atoms with Crippen molar-refractivity contribution in [3.05, 3.63) is 71.4 Å². The summed E-state index contributed by atoms with van der Waals surface area (Å²) >= 11 is 0. The molecule has 0 unspecified atom stereocenters. The molecule has 0 radical (unpaired) electrons. The summed E-state index contributed by atoms with van der Waals surface area (Å²) in [6.45, 7) is 1.15. The fourth-order valence-corrected chi connectivity index (χ4v) is 4.16. The molecule has 1 aromatic heterocycles. The van der Waals surface area contributed by atoms with Crippen molar-refractivity contribution in [1.82, 2.24) is 9.88 Å². The van der Waals surface area contributed by atoms with E-state index in [1.807, 2.05) is 59.6 Å². The van der Waals surface area contributed by atoms with Crippen LogP contribution in [0.15, 0.2) is 54.7 Å². The highest BCUT2D eigenvalue weighted by Crippen LogP contribution is 2.44. The van der Waals surface area contributed by atoms with E-state index < -0.39 is 5.60 Å². The Morgan fingerprint density at radius 2 is 1.88 bits per heavy atom. The summed E-state index contributed by atoms with van der Waals surface area (Å²) in [7, 11) is 0. The number of nitrogens with one attached hydrogen (secondary N) is 1. The predicted molar refractivity (Wildman–Crippen MR) is 97.0 cm³/mol. The average molecular weight is 346 g/mol. The fourth-order valence-electron chi connectivity index (χ4n) is 4.16. The maximum Gasteiger partial charge on any atom is 0.339 e. The van der Waals surface area contributed by atoms with Crippen molar-refractivity contribution in [2.75, 3.05) is 13.1 Å². The monoisotopic (exact) mass is 346 g/mol. The van der Waals surface area contributed by atoms with Crippen LogP contribution in [0.4, 0.5) is 0 Å². The molecule has 2 aromatic carbocycles. The minimum absolute atomic E-state index is 0.0283. The molecule has 1 N–H and O–H groups in total. The van der Waals surface area contributed by atoms with Crippen molar-refractivity contribution in [2.24, 2.45) is 0 Å².